The summed E-state index contributed by atoms with van der Waals surface area (Å²) >= 11 is 0. The predicted molar refractivity (Wildman–Crippen MR) is 59.0 cm³/mol. The van der Waals surface area contributed by atoms with Gasteiger partial charge in [-0.2, -0.15) is 0 Å². The number of benzene rings is 1. The minimum atomic E-state index is 0.780. The number of nitrogens with one attached hydrogen (secondary N) is 1. The van der Waals surface area contributed by atoms with Gasteiger partial charge in [-0.25, -0.2) is 0 Å². The zero-order valence-electron chi connectivity index (χ0n) is 8.91. The SMILES string of the molecule is COc1ccc(C2=NCCN2)c(OC)c1. The van der Waals surface area contributed by atoms with Crippen molar-refractivity contribution in [3.8, 4) is 11.5 Å². The van der Waals surface area contributed by atoms with Crippen LogP contribution < -0.4 is 14.8 Å². The zero-order valence-corrected chi connectivity index (χ0v) is 8.91. The summed E-state index contributed by atoms with van der Waals surface area (Å²) in [6.07, 6.45) is 0. The summed E-state index contributed by atoms with van der Waals surface area (Å²) in [5.74, 6) is 2.46. The first-order chi connectivity index (χ1) is 7.35. The van der Waals surface area contributed by atoms with E-state index in [0.717, 1.165) is 36.0 Å². The van der Waals surface area contributed by atoms with Gasteiger partial charge in [-0.1, -0.05) is 0 Å². The van der Waals surface area contributed by atoms with E-state index in [-0.39, 0.29) is 0 Å². The topological polar surface area (TPSA) is 42.8 Å². The van der Waals surface area contributed by atoms with Crippen LogP contribution in [0, 0.1) is 0 Å². The molecule has 80 valence electrons. The molecule has 0 unspecified atom stereocenters. The fourth-order valence-corrected chi connectivity index (χ4v) is 1.57. The molecular weight excluding hydrogens is 192 g/mol. The summed E-state index contributed by atoms with van der Waals surface area (Å²) < 4.78 is 10.4. The molecule has 1 aromatic carbocycles. The summed E-state index contributed by atoms with van der Waals surface area (Å²) in [6, 6.07) is 5.72. The average Bonchev–Trinajstić information content (AvgIpc) is 2.81. The molecule has 0 spiro atoms. The molecule has 0 saturated heterocycles. The highest BCUT2D eigenvalue weighted by atomic mass is 16.5. The Kier molecular flexibility index (Phi) is 2.76. The number of amidine groups is 1. The quantitative estimate of drug-likeness (QED) is 0.804. The maximum Gasteiger partial charge on any atom is 0.133 e. The van der Waals surface area contributed by atoms with Gasteiger partial charge >= 0.3 is 0 Å². The van der Waals surface area contributed by atoms with E-state index in [1.54, 1.807) is 14.2 Å². The molecule has 15 heavy (non-hydrogen) atoms. The van der Waals surface area contributed by atoms with E-state index < -0.39 is 0 Å². The lowest BCUT2D eigenvalue weighted by Gasteiger charge is -2.10. The van der Waals surface area contributed by atoms with Gasteiger partial charge in [-0.15, -0.1) is 0 Å². The second-order valence-electron chi connectivity index (χ2n) is 3.22. The Morgan fingerprint density at radius 3 is 2.73 bits per heavy atom. The maximum absolute atomic E-state index is 5.30. The highest BCUT2D eigenvalue weighted by molar-refractivity contribution is 6.02. The third-order valence-corrected chi connectivity index (χ3v) is 2.34. The van der Waals surface area contributed by atoms with Crippen molar-refractivity contribution in [3.05, 3.63) is 23.8 Å². The summed E-state index contributed by atoms with van der Waals surface area (Å²) in [6.45, 7) is 1.72. The van der Waals surface area contributed by atoms with Gasteiger partial charge in [-0.3, -0.25) is 4.99 Å². The molecule has 4 nitrogen and oxygen atoms in total. The lowest BCUT2D eigenvalue weighted by atomic mass is 10.1. The van der Waals surface area contributed by atoms with Crippen molar-refractivity contribution in [2.45, 2.75) is 0 Å². The number of aliphatic imine (C=N–C) groups is 1. The molecular formula is C11H14N2O2. The van der Waals surface area contributed by atoms with Crippen LogP contribution in [0.25, 0.3) is 0 Å². The van der Waals surface area contributed by atoms with Crippen LogP contribution in [0.5, 0.6) is 11.5 Å². The molecule has 4 heteroatoms. The van der Waals surface area contributed by atoms with Crippen molar-refractivity contribution in [2.75, 3.05) is 27.3 Å². The van der Waals surface area contributed by atoms with Crippen LogP contribution in [0.3, 0.4) is 0 Å². The lowest BCUT2D eigenvalue weighted by molar-refractivity contribution is 0.393. The highest BCUT2D eigenvalue weighted by Gasteiger charge is 2.13. The summed E-state index contributed by atoms with van der Waals surface area (Å²) in [7, 11) is 3.29. The maximum atomic E-state index is 5.30. The van der Waals surface area contributed by atoms with E-state index in [1.165, 1.54) is 0 Å². The third-order valence-electron chi connectivity index (χ3n) is 2.34. The Balaban J connectivity index is 2.38. The van der Waals surface area contributed by atoms with Crippen LogP contribution in [-0.4, -0.2) is 33.1 Å². The van der Waals surface area contributed by atoms with E-state index in [2.05, 4.69) is 10.3 Å². The molecule has 0 radical (unpaired) electrons. The molecule has 1 aliphatic heterocycles. The average molecular weight is 206 g/mol. The number of nitrogens with zero attached hydrogens (tertiary/aromatic N) is 1. The minimum Gasteiger partial charge on any atom is -0.497 e. The monoisotopic (exact) mass is 206 g/mol. The second-order valence-corrected chi connectivity index (χ2v) is 3.22. The first-order valence-electron chi connectivity index (χ1n) is 4.86. The molecule has 0 saturated carbocycles. The van der Waals surface area contributed by atoms with Gasteiger partial charge in [0.1, 0.15) is 17.3 Å². The number of rotatable bonds is 3. The number of methoxy groups -OCH3 is 2. The van der Waals surface area contributed by atoms with Crippen LogP contribution in [0.1, 0.15) is 5.56 Å². The van der Waals surface area contributed by atoms with Gasteiger partial charge in [0.25, 0.3) is 0 Å². The summed E-state index contributed by atoms with van der Waals surface area (Å²) in [5.41, 5.74) is 0.982. The minimum absolute atomic E-state index is 0.780. The zero-order chi connectivity index (χ0) is 10.7. The molecule has 0 aromatic heterocycles. The van der Waals surface area contributed by atoms with Crippen LogP contribution in [-0.2, 0) is 0 Å². The third kappa shape index (κ3) is 1.88. The summed E-state index contributed by atoms with van der Waals surface area (Å²) in [4.78, 5) is 4.35. The Bertz CT molecular complexity index is 388. The number of hydrogen-bond donors (Lipinski definition) is 1. The van der Waals surface area contributed by atoms with Gasteiger partial charge in [0.05, 0.1) is 26.3 Å². The molecule has 0 atom stereocenters. The van der Waals surface area contributed by atoms with Crippen molar-refractivity contribution in [1.29, 1.82) is 0 Å². The lowest BCUT2D eigenvalue weighted by Crippen LogP contribution is -2.20. The standard InChI is InChI=1S/C11H14N2O2/c1-14-8-3-4-9(10(7-8)15-2)11-12-5-6-13-11/h3-4,7H,5-6H2,1-2H3,(H,12,13). The first-order valence-corrected chi connectivity index (χ1v) is 4.86. The molecule has 1 N–H and O–H groups in total. The Labute approximate surface area is 88.9 Å². The van der Waals surface area contributed by atoms with E-state index >= 15 is 0 Å². The van der Waals surface area contributed by atoms with Crippen LogP contribution in [0.15, 0.2) is 23.2 Å². The first kappa shape index (κ1) is 9.83. The molecule has 0 aliphatic carbocycles. The Morgan fingerprint density at radius 1 is 1.27 bits per heavy atom. The normalized spacial score (nSPS) is 14.4. The van der Waals surface area contributed by atoms with Crippen LogP contribution in [0.4, 0.5) is 0 Å². The molecule has 1 aliphatic rings. The molecule has 1 aromatic rings. The Hall–Kier alpha value is -1.71. The molecule has 1 heterocycles. The van der Waals surface area contributed by atoms with E-state index in [1.807, 2.05) is 18.2 Å². The molecule has 0 fully saturated rings. The van der Waals surface area contributed by atoms with E-state index in [4.69, 9.17) is 9.47 Å². The highest BCUT2D eigenvalue weighted by Crippen LogP contribution is 2.25. The van der Waals surface area contributed by atoms with Crippen LogP contribution >= 0.6 is 0 Å². The van der Waals surface area contributed by atoms with Crippen molar-refractivity contribution < 1.29 is 9.47 Å². The van der Waals surface area contributed by atoms with E-state index in [0.29, 0.717) is 0 Å². The molecule has 2 rings (SSSR count). The smallest absolute Gasteiger partial charge is 0.133 e. The van der Waals surface area contributed by atoms with Gasteiger partial charge in [0, 0.05) is 12.6 Å². The van der Waals surface area contributed by atoms with Crippen LogP contribution in [0.2, 0.25) is 0 Å². The fourth-order valence-electron chi connectivity index (χ4n) is 1.57. The van der Waals surface area contributed by atoms with E-state index in [9.17, 15) is 0 Å². The van der Waals surface area contributed by atoms with Gasteiger partial charge in [0.2, 0.25) is 0 Å². The summed E-state index contributed by atoms with van der Waals surface area (Å²) in [5, 5.41) is 3.21. The van der Waals surface area contributed by atoms with Crippen molar-refractivity contribution in [1.82, 2.24) is 5.32 Å². The predicted octanol–water partition coefficient (Wildman–Crippen LogP) is 1.05. The van der Waals surface area contributed by atoms with Crippen molar-refractivity contribution in [2.24, 2.45) is 4.99 Å². The van der Waals surface area contributed by atoms with Crippen molar-refractivity contribution >= 4 is 5.84 Å². The van der Waals surface area contributed by atoms with Gasteiger partial charge < -0.3 is 14.8 Å². The van der Waals surface area contributed by atoms with Crippen molar-refractivity contribution in [3.63, 3.8) is 0 Å². The molecule has 0 bridgehead atoms. The van der Waals surface area contributed by atoms with Gasteiger partial charge in [0.15, 0.2) is 0 Å². The number of ether oxygens (including phenoxy) is 2. The second kappa shape index (κ2) is 4.21. The largest absolute Gasteiger partial charge is 0.497 e. The Morgan fingerprint density at radius 2 is 2.13 bits per heavy atom. The number of hydrogen-bond acceptors (Lipinski definition) is 4. The fraction of sp³-hybridized carbons (Fsp3) is 0.364. The van der Waals surface area contributed by atoms with Gasteiger partial charge in [-0.05, 0) is 12.1 Å². The molecule has 0 amide bonds.